The zero-order valence-electron chi connectivity index (χ0n) is 5.48. The molecule has 2 radical (unpaired) electrons. The molecule has 9 heavy (non-hydrogen) atoms. The highest BCUT2D eigenvalue weighted by Crippen LogP contribution is 2.19. The average Bonchev–Trinajstić information content (AvgIpc) is 2.57. The minimum Gasteiger partial charge on any atom is -0.323 e. The molecule has 0 bridgehead atoms. The largest absolute Gasteiger partial charge is 0.323 e. The average molecular weight is 140 g/mol. The molecule has 50 valence electrons. The number of hydrogen-bond donors (Lipinski definition) is 2. The molecule has 0 spiro atoms. The van der Waals surface area contributed by atoms with E-state index in [0.717, 1.165) is 21.9 Å². The Morgan fingerprint density at radius 3 is 1.67 bits per heavy atom. The number of hydrogen-bond acceptors (Lipinski definition) is 2. The third kappa shape index (κ3) is 2.08. The number of rotatable bonds is 4. The Hall–Kier alpha value is 0.137. The maximum Gasteiger partial charge on any atom is 0.245 e. The zero-order valence-corrected chi connectivity index (χ0v) is 6.48. The molecule has 2 aliphatic carbocycles. The lowest BCUT2D eigenvalue weighted by Crippen LogP contribution is -2.35. The van der Waals surface area contributed by atoms with Crippen LogP contribution in [0.2, 0.25) is 0 Å². The minimum atomic E-state index is 0.818. The van der Waals surface area contributed by atoms with Crippen molar-refractivity contribution in [2.75, 3.05) is 0 Å². The second kappa shape index (κ2) is 2.40. The first-order chi connectivity index (χ1) is 4.45. The number of nitrogens with one attached hydrogen (secondary N) is 2. The fourth-order valence-corrected chi connectivity index (χ4v) is 1.77. The first kappa shape index (κ1) is 5.89. The first-order valence-electron chi connectivity index (χ1n) is 3.71. The molecule has 0 aromatic rings. The van der Waals surface area contributed by atoms with Gasteiger partial charge in [-0.1, -0.05) is 0 Å². The van der Waals surface area contributed by atoms with Crippen molar-refractivity contribution in [1.29, 1.82) is 0 Å². The molecular formula is C6H12N2Si. The molecule has 0 amide bonds. The molecule has 2 fully saturated rings. The van der Waals surface area contributed by atoms with E-state index in [1.807, 2.05) is 0 Å². The second-order valence-corrected chi connectivity index (χ2v) is 3.79. The van der Waals surface area contributed by atoms with Gasteiger partial charge in [-0.15, -0.1) is 0 Å². The van der Waals surface area contributed by atoms with Crippen molar-refractivity contribution in [2.45, 2.75) is 37.8 Å². The Bertz CT molecular complexity index is 87.2. The van der Waals surface area contributed by atoms with Crippen LogP contribution in [-0.2, 0) is 0 Å². The van der Waals surface area contributed by atoms with Crippen LogP contribution < -0.4 is 9.96 Å². The summed E-state index contributed by atoms with van der Waals surface area (Å²) in [5.41, 5.74) is 0. The highest BCUT2D eigenvalue weighted by molar-refractivity contribution is 6.29. The summed E-state index contributed by atoms with van der Waals surface area (Å²) < 4.78 is 0. The maximum atomic E-state index is 3.44. The standard InChI is InChI=1S/C6H12N2Si/c1-2-5(1)7-9-8-6-3-4-6/h5-8H,1-4H2. The summed E-state index contributed by atoms with van der Waals surface area (Å²) >= 11 is 0. The molecule has 2 rings (SSSR count). The molecule has 2 N–H and O–H groups in total. The van der Waals surface area contributed by atoms with Crippen LogP contribution in [0.4, 0.5) is 0 Å². The second-order valence-electron chi connectivity index (χ2n) is 2.96. The van der Waals surface area contributed by atoms with Crippen molar-refractivity contribution in [3.8, 4) is 0 Å². The summed E-state index contributed by atoms with van der Waals surface area (Å²) in [6, 6.07) is 1.74. The fraction of sp³-hybridized carbons (Fsp3) is 1.00. The predicted octanol–water partition coefficient (Wildman–Crippen LogP) is 0.0246. The van der Waals surface area contributed by atoms with Gasteiger partial charge in [-0.05, 0) is 25.7 Å². The Labute approximate surface area is 58.4 Å². The molecule has 0 aliphatic heterocycles. The Morgan fingerprint density at radius 2 is 1.33 bits per heavy atom. The molecule has 0 saturated heterocycles. The highest BCUT2D eigenvalue weighted by atomic mass is 28.2. The van der Waals surface area contributed by atoms with Crippen molar-refractivity contribution >= 4 is 9.84 Å². The minimum absolute atomic E-state index is 0.818. The molecule has 2 aliphatic rings. The van der Waals surface area contributed by atoms with Crippen LogP contribution in [0.3, 0.4) is 0 Å². The van der Waals surface area contributed by atoms with Crippen LogP contribution in [0, 0.1) is 0 Å². The summed E-state index contributed by atoms with van der Waals surface area (Å²) in [6.45, 7) is 0. The van der Waals surface area contributed by atoms with Crippen molar-refractivity contribution in [2.24, 2.45) is 0 Å². The van der Waals surface area contributed by atoms with E-state index in [1.54, 1.807) is 0 Å². The zero-order chi connectivity index (χ0) is 6.10. The monoisotopic (exact) mass is 140 g/mol. The van der Waals surface area contributed by atoms with Crippen LogP contribution in [0.5, 0.6) is 0 Å². The lowest BCUT2D eigenvalue weighted by atomic mass is 10.8. The van der Waals surface area contributed by atoms with Crippen molar-refractivity contribution < 1.29 is 0 Å². The van der Waals surface area contributed by atoms with Gasteiger partial charge in [0.15, 0.2) is 0 Å². The lowest BCUT2D eigenvalue weighted by molar-refractivity contribution is 0.864. The quantitative estimate of drug-likeness (QED) is 0.538. The van der Waals surface area contributed by atoms with E-state index >= 15 is 0 Å². The molecule has 0 aromatic carbocycles. The van der Waals surface area contributed by atoms with Gasteiger partial charge in [-0.2, -0.15) is 0 Å². The van der Waals surface area contributed by atoms with Gasteiger partial charge in [-0.25, -0.2) is 0 Å². The van der Waals surface area contributed by atoms with Gasteiger partial charge in [-0.3, -0.25) is 0 Å². The molecule has 3 heteroatoms. The third-order valence-electron chi connectivity index (χ3n) is 1.71. The third-order valence-corrected chi connectivity index (χ3v) is 2.81. The summed E-state index contributed by atoms with van der Waals surface area (Å²) in [5.74, 6) is 0. The van der Waals surface area contributed by atoms with E-state index in [2.05, 4.69) is 9.96 Å². The van der Waals surface area contributed by atoms with Crippen LogP contribution in [0.1, 0.15) is 25.7 Å². The van der Waals surface area contributed by atoms with Crippen molar-refractivity contribution in [3.63, 3.8) is 0 Å². The Balaban J connectivity index is 1.46. The Morgan fingerprint density at radius 1 is 0.889 bits per heavy atom. The molecule has 0 atom stereocenters. The highest BCUT2D eigenvalue weighted by Gasteiger charge is 2.23. The fourth-order valence-electron chi connectivity index (χ4n) is 0.701. The van der Waals surface area contributed by atoms with Gasteiger partial charge < -0.3 is 9.96 Å². The topological polar surface area (TPSA) is 24.1 Å². The van der Waals surface area contributed by atoms with Crippen LogP contribution >= 0.6 is 0 Å². The van der Waals surface area contributed by atoms with Gasteiger partial charge in [0.05, 0.1) is 0 Å². The summed E-state index contributed by atoms with van der Waals surface area (Å²) in [5, 5.41) is 0. The van der Waals surface area contributed by atoms with E-state index in [1.165, 1.54) is 25.7 Å². The van der Waals surface area contributed by atoms with E-state index in [0.29, 0.717) is 0 Å². The van der Waals surface area contributed by atoms with E-state index < -0.39 is 0 Å². The lowest BCUT2D eigenvalue weighted by Gasteiger charge is -1.98. The van der Waals surface area contributed by atoms with Crippen molar-refractivity contribution in [3.05, 3.63) is 0 Å². The van der Waals surface area contributed by atoms with Gasteiger partial charge in [0, 0.05) is 12.1 Å². The first-order valence-corrected chi connectivity index (χ1v) is 4.71. The van der Waals surface area contributed by atoms with Gasteiger partial charge in [0.1, 0.15) is 0 Å². The van der Waals surface area contributed by atoms with Gasteiger partial charge in [0.25, 0.3) is 0 Å². The van der Waals surface area contributed by atoms with E-state index in [-0.39, 0.29) is 0 Å². The summed E-state index contributed by atoms with van der Waals surface area (Å²) in [4.78, 5) is 6.89. The predicted molar refractivity (Wildman–Crippen MR) is 38.1 cm³/mol. The molecule has 0 aromatic heterocycles. The summed E-state index contributed by atoms with van der Waals surface area (Å²) in [7, 11) is 0.818. The van der Waals surface area contributed by atoms with Crippen molar-refractivity contribution in [1.82, 2.24) is 9.96 Å². The molecule has 0 heterocycles. The SMILES string of the molecule is C1CC1N[Si]NC1CC1. The normalized spacial score (nSPS) is 26.7. The van der Waals surface area contributed by atoms with E-state index in [9.17, 15) is 0 Å². The van der Waals surface area contributed by atoms with Crippen LogP contribution in [0.15, 0.2) is 0 Å². The van der Waals surface area contributed by atoms with Gasteiger partial charge in [0.2, 0.25) is 9.84 Å². The maximum absolute atomic E-state index is 3.44. The Kier molecular flexibility index (Phi) is 1.57. The summed E-state index contributed by atoms with van der Waals surface area (Å²) in [6.07, 6.45) is 5.61. The molecule has 2 nitrogen and oxygen atoms in total. The van der Waals surface area contributed by atoms with E-state index in [4.69, 9.17) is 0 Å². The molecule has 2 saturated carbocycles. The van der Waals surface area contributed by atoms with Crippen LogP contribution in [0.25, 0.3) is 0 Å². The van der Waals surface area contributed by atoms with Gasteiger partial charge >= 0.3 is 0 Å². The molecule has 0 unspecified atom stereocenters. The molecular weight excluding hydrogens is 128 g/mol. The van der Waals surface area contributed by atoms with Crippen LogP contribution in [-0.4, -0.2) is 21.9 Å². The smallest absolute Gasteiger partial charge is 0.245 e.